The van der Waals surface area contributed by atoms with Crippen LogP contribution in [-0.4, -0.2) is 38.0 Å². The van der Waals surface area contributed by atoms with Crippen LogP contribution in [-0.2, 0) is 4.79 Å². The first-order valence-electron chi connectivity index (χ1n) is 5.95. The van der Waals surface area contributed by atoms with Gasteiger partial charge in [-0.2, -0.15) is 5.26 Å². The number of nitriles is 1. The van der Waals surface area contributed by atoms with E-state index in [1.807, 2.05) is 30.9 Å². The zero-order chi connectivity index (χ0) is 13.7. The van der Waals surface area contributed by atoms with Crippen LogP contribution in [0.5, 0.6) is 0 Å². The zero-order valence-electron chi connectivity index (χ0n) is 11.4. The van der Waals surface area contributed by atoms with E-state index in [4.69, 9.17) is 5.26 Å². The second-order valence-corrected chi connectivity index (χ2v) is 4.42. The number of benzene rings is 1. The summed E-state index contributed by atoms with van der Waals surface area (Å²) >= 11 is 0. The van der Waals surface area contributed by atoms with E-state index in [2.05, 4.69) is 6.07 Å². The Morgan fingerprint density at radius 3 is 2.50 bits per heavy atom. The molecule has 1 aromatic carbocycles. The first-order valence-corrected chi connectivity index (χ1v) is 5.95. The fourth-order valence-electron chi connectivity index (χ4n) is 1.75. The minimum absolute atomic E-state index is 0.0700. The second kappa shape index (κ2) is 6.06. The van der Waals surface area contributed by atoms with Gasteiger partial charge in [-0.05, 0) is 37.6 Å². The third-order valence-electron chi connectivity index (χ3n) is 2.87. The van der Waals surface area contributed by atoms with Crippen LogP contribution in [0.3, 0.4) is 0 Å². The topological polar surface area (TPSA) is 47.3 Å². The van der Waals surface area contributed by atoms with Crippen molar-refractivity contribution in [3.63, 3.8) is 0 Å². The smallest absolute Gasteiger partial charge is 0.241 e. The lowest BCUT2D eigenvalue weighted by atomic mass is 10.1. The molecule has 4 nitrogen and oxygen atoms in total. The lowest BCUT2D eigenvalue weighted by Gasteiger charge is -2.25. The van der Waals surface area contributed by atoms with Crippen LogP contribution in [0.4, 0.5) is 5.69 Å². The fraction of sp³-hybridized carbons (Fsp3) is 0.429. The summed E-state index contributed by atoms with van der Waals surface area (Å²) in [6, 6.07) is 7.65. The van der Waals surface area contributed by atoms with Crippen molar-refractivity contribution in [1.29, 1.82) is 5.26 Å². The standard InChI is InChI=1S/C14H19N3O/c1-5-17(10-14(18)16(3)4)13-7-6-12(9-15)8-11(13)2/h6-8H,5,10H2,1-4H3. The van der Waals surface area contributed by atoms with E-state index < -0.39 is 0 Å². The molecule has 96 valence electrons. The van der Waals surface area contributed by atoms with Gasteiger partial charge in [-0.3, -0.25) is 4.79 Å². The van der Waals surface area contributed by atoms with Gasteiger partial charge in [0.2, 0.25) is 5.91 Å². The van der Waals surface area contributed by atoms with Crippen molar-refractivity contribution in [2.24, 2.45) is 0 Å². The molecule has 0 bridgehead atoms. The molecule has 0 heterocycles. The number of aryl methyl sites for hydroxylation is 1. The Bertz CT molecular complexity index is 474. The lowest BCUT2D eigenvalue weighted by Crippen LogP contribution is -2.36. The number of anilines is 1. The minimum atomic E-state index is 0.0700. The molecule has 1 amide bonds. The van der Waals surface area contributed by atoms with E-state index in [1.54, 1.807) is 25.1 Å². The molecule has 18 heavy (non-hydrogen) atoms. The molecule has 1 rings (SSSR count). The van der Waals surface area contributed by atoms with Gasteiger partial charge in [0.25, 0.3) is 0 Å². The molecule has 0 spiro atoms. The predicted octanol–water partition coefficient (Wildman–Crippen LogP) is 1.78. The molecule has 0 saturated heterocycles. The summed E-state index contributed by atoms with van der Waals surface area (Å²) in [6.45, 7) is 5.09. The Kier molecular flexibility index (Phi) is 4.73. The molecule has 0 aliphatic heterocycles. The van der Waals surface area contributed by atoms with Crippen LogP contribution in [0.1, 0.15) is 18.1 Å². The first kappa shape index (κ1) is 14.0. The maximum absolute atomic E-state index is 11.8. The number of rotatable bonds is 4. The molecular formula is C14H19N3O. The van der Waals surface area contributed by atoms with Crippen molar-refractivity contribution < 1.29 is 4.79 Å². The van der Waals surface area contributed by atoms with Gasteiger partial charge in [0.15, 0.2) is 0 Å². The number of carbonyl (C=O) groups excluding carboxylic acids is 1. The van der Waals surface area contributed by atoms with Crippen LogP contribution >= 0.6 is 0 Å². The monoisotopic (exact) mass is 245 g/mol. The van der Waals surface area contributed by atoms with Crippen molar-refractivity contribution in [1.82, 2.24) is 4.90 Å². The molecule has 0 saturated carbocycles. The molecule has 0 aromatic heterocycles. The highest BCUT2D eigenvalue weighted by Gasteiger charge is 2.13. The molecule has 4 heteroatoms. The summed E-state index contributed by atoms with van der Waals surface area (Å²) < 4.78 is 0. The third kappa shape index (κ3) is 3.24. The summed E-state index contributed by atoms with van der Waals surface area (Å²) in [5.41, 5.74) is 2.67. The summed E-state index contributed by atoms with van der Waals surface area (Å²) in [4.78, 5) is 15.3. The summed E-state index contributed by atoms with van der Waals surface area (Å²) in [7, 11) is 3.50. The number of amides is 1. The molecule has 0 unspecified atom stereocenters. The maximum atomic E-state index is 11.8. The lowest BCUT2D eigenvalue weighted by molar-refractivity contribution is -0.127. The fourth-order valence-corrected chi connectivity index (χ4v) is 1.75. The van der Waals surface area contributed by atoms with Crippen molar-refractivity contribution in [3.05, 3.63) is 29.3 Å². The van der Waals surface area contributed by atoms with Crippen molar-refractivity contribution in [2.75, 3.05) is 32.1 Å². The van der Waals surface area contributed by atoms with Gasteiger partial charge < -0.3 is 9.80 Å². The first-order chi connectivity index (χ1) is 8.49. The quantitative estimate of drug-likeness (QED) is 0.812. The van der Waals surface area contributed by atoms with Crippen LogP contribution in [0.2, 0.25) is 0 Å². The molecule has 0 N–H and O–H groups in total. The van der Waals surface area contributed by atoms with Gasteiger partial charge in [0, 0.05) is 26.3 Å². The normalized spacial score (nSPS) is 9.72. The van der Waals surface area contributed by atoms with E-state index in [-0.39, 0.29) is 5.91 Å². The van der Waals surface area contributed by atoms with Gasteiger partial charge in [-0.25, -0.2) is 0 Å². The van der Waals surface area contributed by atoms with E-state index in [0.717, 1.165) is 17.8 Å². The summed E-state index contributed by atoms with van der Waals surface area (Å²) in [6.07, 6.45) is 0. The van der Waals surface area contributed by atoms with Crippen LogP contribution in [0, 0.1) is 18.3 Å². The van der Waals surface area contributed by atoms with Gasteiger partial charge in [0.05, 0.1) is 18.2 Å². The Morgan fingerprint density at radius 1 is 1.39 bits per heavy atom. The largest absolute Gasteiger partial charge is 0.362 e. The average molecular weight is 245 g/mol. The zero-order valence-corrected chi connectivity index (χ0v) is 11.4. The highest BCUT2D eigenvalue weighted by Crippen LogP contribution is 2.20. The Morgan fingerprint density at radius 2 is 2.06 bits per heavy atom. The van der Waals surface area contributed by atoms with Crippen LogP contribution in [0.25, 0.3) is 0 Å². The van der Waals surface area contributed by atoms with Gasteiger partial charge in [-0.1, -0.05) is 0 Å². The maximum Gasteiger partial charge on any atom is 0.241 e. The predicted molar refractivity (Wildman–Crippen MR) is 72.5 cm³/mol. The Hall–Kier alpha value is -2.02. The summed E-state index contributed by atoms with van der Waals surface area (Å²) in [5, 5.41) is 8.84. The molecule has 0 atom stereocenters. The average Bonchev–Trinajstić information content (AvgIpc) is 2.35. The van der Waals surface area contributed by atoms with Crippen molar-refractivity contribution >= 4 is 11.6 Å². The minimum Gasteiger partial charge on any atom is -0.362 e. The highest BCUT2D eigenvalue weighted by molar-refractivity contribution is 5.81. The molecule has 0 aliphatic rings. The molecule has 0 radical (unpaired) electrons. The van der Waals surface area contributed by atoms with E-state index in [0.29, 0.717) is 12.1 Å². The molecule has 0 aliphatic carbocycles. The van der Waals surface area contributed by atoms with Crippen molar-refractivity contribution in [2.45, 2.75) is 13.8 Å². The highest BCUT2D eigenvalue weighted by atomic mass is 16.2. The SMILES string of the molecule is CCN(CC(=O)N(C)C)c1ccc(C#N)cc1C. The molecule has 0 fully saturated rings. The van der Waals surface area contributed by atoms with E-state index >= 15 is 0 Å². The van der Waals surface area contributed by atoms with Crippen LogP contribution in [0.15, 0.2) is 18.2 Å². The number of likely N-dealkylation sites (N-methyl/N-ethyl adjacent to an activating group) is 2. The molecular weight excluding hydrogens is 226 g/mol. The third-order valence-corrected chi connectivity index (χ3v) is 2.87. The van der Waals surface area contributed by atoms with Crippen molar-refractivity contribution in [3.8, 4) is 6.07 Å². The molecule has 1 aromatic rings. The van der Waals surface area contributed by atoms with Gasteiger partial charge >= 0.3 is 0 Å². The second-order valence-electron chi connectivity index (χ2n) is 4.42. The Balaban J connectivity index is 2.96. The van der Waals surface area contributed by atoms with Gasteiger partial charge in [-0.15, -0.1) is 0 Å². The summed E-state index contributed by atoms with van der Waals surface area (Å²) in [5.74, 6) is 0.0700. The van der Waals surface area contributed by atoms with Crippen LogP contribution < -0.4 is 4.90 Å². The van der Waals surface area contributed by atoms with E-state index in [1.165, 1.54) is 0 Å². The number of hydrogen-bond acceptors (Lipinski definition) is 3. The number of carbonyl (C=O) groups is 1. The van der Waals surface area contributed by atoms with Gasteiger partial charge in [0.1, 0.15) is 0 Å². The number of nitrogens with zero attached hydrogens (tertiary/aromatic N) is 3. The van der Waals surface area contributed by atoms with E-state index in [9.17, 15) is 4.79 Å². The number of hydrogen-bond donors (Lipinski definition) is 0. The Labute approximate surface area is 108 Å².